The number of nitro benzene ring substituents is 1. The topological polar surface area (TPSA) is 126 Å². The monoisotopic (exact) mass is 456 g/mol. The van der Waals surface area contributed by atoms with Crippen LogP contribution < -0.4 is 5.32 Å². The van der Waals surface area contributed by atoms with E-state index < -0.39 is 11.0 Å². The Hall–Kier alpha value is -3.49. The third kappa shape index (κ3) is 3.95. The van der Waals surface area contributed by atoms with Crippen LogP contribution in [0.25, 0.3) is 10.1 Å². The summed E-state index contributed by atoms with van der Waals surface area (Å²) in [7, 11) is 0. The van der Waals surface area contributed by atoms with Crippen LogP contribution in [0.15, 0.2) is 24.3 Å². The summed E-state index contributed by atoms with van der Waals surface area (Å²) in [5, 5.41) is 24.5. The highest BCUT2D eigenvalue weighted by Crippen LogP contribution is 2.37. The molecule has 1 aromatic carbocycles. The number of hydrogen-bond donors (Lipinski definition) is 1. The van der Waals surface area contributed by atoms with E-state index in [2.05, 4.69) is 11.4 Å². The molecule has 0 fully saturated rings. The zero-order chi connectivity index (χ0) is 22.1. The van der Waals surface area contributed by atoms with Crippen LogP contribution in [0.5, 0.6) is 0 Å². The molecule has 0 saturated carbocycles. The second kappa shape index (κ2) is 8.33. The van der Waals surface area contributed by atoms with E-state index in [4.69, 9.17) is 4.74 Å². The summed E-state index contributed by atoms with van der Waals surface area (Å²) in [5.74, 6) is -0.388. The highest BCUT2D eigenvalue weighted by atomic mass is 32.1. The number of carbonyl (C=O) groups excluding carboxylic acids is 2. The van der Waals surface area contributed by atoms with E-state index in [1.807, 2.05) is 0 Å². The number of non-ortho nitro benzene ring substituents is 1. The van der Waals surface area contributed by atoms with Crippen LogP contribution in [-0.4, -0.2) is 35.0 Å². The number of anilines is 1. The summed E-state index contributed by atoms with van der Waals surface area (Å²) >= 11 is 2.49. The van der Waals surface area contributed by atoms with Crippen LogP contribution in [0.4, 0.5) is 15.5 Å². The number of carbonyl (C=O) groups is 2. The van der Waals surface area contributed by atoms with Crippen LogP contribution in [0.3, 0.4) is 0 Å². The van der Waals surface area contributed by atoms with Crippen LogP contribution in [0, 0.1) is 21.4 Å². The zero-order valence-corrected chi connectivity index (χ0v) is 18.0. The number of amides is 2. The highest BCUT2D eigenvalue weighted by Gasteiger charge is 2.28. The zero-order valence-electron chi connectivity index (χ0n) is 16.3. The number of fused-ring (bicyclic) bond motifs is 2. The number of ether oxygens (including phenoxy) is 1. The minimum atomic E-state index is -0.480. The summed E-state index contributed by atoms with van der Waals surface area (Å²) in [6, 6.07) is 8.21. The van der Waals surface area contributed by atoms with Crippen molar-refractivity contribution < 1.29 is 19.2 Å². The van der Waals surface area contributed by atoms with Crippen LogP contribution in [-0.2, 0) is 17.7 Å². The van der Waals surface area contributed by atoms with Crippen molar-refractivity contribution in [3.8, 4) is 6.07 Å². The van der Waals surface area contributed by atoms with Gasteiger partial charge in [0.05, 0.1) is 28.5 Å². The molecule has 1 aliphatic heterocycles. The summed E-state index contributed by atoms with van der Waals surface area (Å²) in [4.78, 5) is 38.1. The minimum Gasteiger partial charge on any atom is -0.450 e. The maximum absolute atomic E-state index is 12.8. The summed E-state index contributed by atoms with van der Waals surface area (Å²) < 4.78 is 5.81. The fourth-order valence-electron chi connectivity index (χ4n) is 3.40. The number of nitrogens with one attached hydrogen (secondary N) is 1. The van der Waals surface area contributed by atoms with E-state index in [0.717, 1.165) is 15.1 Å². The fourth-order valence-corrected chi connectivity index (χ4v) is 5.55. The van der Waals surface area contributed by atoms with E-state index in [-0.39, 0.29) is 18.2 Å². The predicted molar refractivity (Wildman–Crippen MR) is 117 cm³/mol. The van der Waals surface area contributed by atoms with Crippen molar-refractivity contribution in [3.63, 3.8) is 0 Å². The molecule has 0 unspecified atom stereocenters. The SMILES string of the molecule is CCOC(=O)N1CCc2c(sc(NC(=O)c3cc4cc([N+](=O)[O-])ccc4s3)c2C#N)C1. The maximum Gasteiger partial charge on any atom is 0.410 e. The Balaban J connectivity index is 1.58. The van der Waals surface area contributed by atoms with Gasteiger partial charge >= 0.3 is 6.09 Å². The van der Waals surface area contributed by atoms with Crippen molar-refractivity contribution >= 4 is 55.4 Å². The molecule has 0 aliphatic carbocycles. The van der Waals surface area contributed by atoms with Crippen molar-refractivity contribution in [2.45, 2.75) is 19.9 Å². The smallest absolute Gasteiger partial charge is 0.410 e. The van der Waals surface area contributed by atoms with Gasteiger partial charge in [0.2, 0.25) is 0 Å². The first kappa shape index (κ1) is 20.8. The average molecular weight is 457 g/mol. The Morgan fingerprint density at radius 2 is 2.16 bits per heavy atom. The molecule has 2 aromatic heterocycles. The van der Waals surface area contributed by atoms with Gasteiger partial charge in [0.1, 0.15) is 11.1 Å². The van der Waals surface area contributed by atoms with Gasteiger partial charge in [0.15, 0.2) is 0 Å². The van der Waals surface area contributed by atoms with Crippen molar-refractivity contribution in [1.29, 1.82) is 5.26 Å². The normalized spacial score (nSPS) is 12.8. The number of nitrogens with zero attached hydrogens (tertiary/aromatic N) is 3. The summed E-state index contributed by atoms with van der Waals surface area (Å²) in [5.41, 5.74) is 1.21. The molecular weight excluding hydrogens is 440 g/mol. The number of nitriles is 1. The lowest BCUT2D eigenvalue weighted by atomic mass is 10.0. The number of benzene rings is 1. The Kier molecular flexibility index (Phi) is 5.58. The van der Waals surface area contributed by atoms with Gasteiger partial charge in [-0.3, -0.25) is 14.9 Å². The molecule has 0 radical (unpaired) electrons. The first-order valence-electron chi connectivity index (χ1n) is 9.37. The molecule has 4 rings (SSSR count). The van der Waals surface area contributed by atoms with E-state index >= 15 is 0 Å². The fraction of sp³-hybridized carbons (Fsp3) is 0.250. The first-order chi connectivity index (χ1) is 14.9. The molecule has 11 heteroatoms. The lowest BCUT2D eigenvalue weighted by molar-refractivity contribution is -0.384. The molecule has 31 heavy (non-hydrogen) atoms. The lowest BCUT2D eigenvalue weighted by Crippen LogP contribution is -2.35. The van der Waals surface area contributed by atoms with E-state index in [0.29, 0.717) is 40.3 Å². The van der Waals surface area contributed by atoms with Crippen molar-refractivity contribution in [3.05, 3.63) is 55.3 Å². The van der Waals surface area contributed by atoms with Gasteiger partial charge in [-0.1, -0.05) is 0 Å². The quantitative estimate of drug-likeness (QED) is 0.455. The molecule has 0 spiro atoms. The van der Waals surface area contributed by atoms with Gasteiger partial charge < -0.3 is 15.0 Å². The van der Waals surface area contributed by atoms with Gasteiger partial charge in [0.25, 0.3) is 11.6 Å². The third-order valence-corrected chi connectivity index (χ3v) is 7.10. The lowest BCUT2D eigenvalue weighted by Gasteiger charge is -2.25. The van der Waals surface area contributed by atoms with Gasteiger partial charge in [-0.25, -0.2) is 4.79 Å². The molecule has 0 saturated heterocycles. The Bertz CT molecular complexity index is 1260. The molecule has 1 N–H and O–H groups in total. The summed E-state index contributed by atoms with van der Waals surface area (Å²) in [6.07, 6.45) is 0.112. The molecule has 9 nitrogen and oxygen atoms in total. The minimum absolute atomic E-state index is 0.0406. The van der Waals surface area contributed by atoms with Gasteiger partial charge in [-0.05, 0) is 31.0 Å². The summed E-state index contributed by atoms with van der Waals surface area (Å²) in [6.45, 7) is 2.80. The number of nitro groups is 1. The second-order valence-electron chi connectivity index (χ2n) is 6.73. The number of hydrogen-bond acceptors (Lipinski definition) is 8. The van der Waals surface area contributed by atoms with Crippen LogP contribution >= 0.6 is 22.7 Å². The standard InChI is InChI=1S/C20H16N4O5S2/c1-2-29-20(26)23-6-5-13-14(9-21)19(31-17(13)10-23)22-18(25)16-8-11-7-12(24(27)28)3-4-15(11)30-16/h3-4,7-8H,2,5-6,10H2,1H3,(H,22,25). The maximum atomic E-state index is 12.8. The van der Waals surface area contributed by atoms with E-state index in [1.165, 1.54) is 34.8 Å². The molecule has 3 aromatic rings. The van der Waals surface area contributed by atoms with Gasteiger partial charge in [-0.15, -0.1) is 22.7 Å². The van der Waals surface area contributed by atoms with Crippen molar-refractivity contribution in [2.75, 3.05) is 18.5 Å². The largest absolute Gasteiger partial charge is 0.450 e. The van der Waals surface area contributed by atoms with Crippen LogP contribution in [0.1, 0.15) is 32.6 Å². The molecule has 158 valence electrons. The third-order valence-electron chi connectivity index (χ3n) is 4.86. The number of thiophene rings is 2. The number of rotatable bonds is 4. The van der Waals surface area contributed by atoms with Crippen LogP contribution in [0.2, 0.25) is 0 Å². The predicted octanol–water partition coefficient (Wildman–Crippen LogP) is 4.51. The average Bonchev–Trinajstić information content (AvgIpc) is 3.33. The molecule has 1 aliphatic rings. The first-order valence-corrected chi connectivity index (χ1v) is 11.0. The second-order valence-corrected chi connectivity index (χ2v) is 8.92. The Morgan fingerprint density at radius 3 is 2.87 bits per heavy atom. The highest BCUT2D eigenvalue weighted by molar-refractivity contribution is 7.21. The molecular formula is C20H16N4O5S2. The Labute approximate surface area is 184 Å². The van der Waals surface area contributed by atoms with Crippen molar-refractivity contribution in [2.24, 2.45) is 0 Å². The van der Waals surface area contributed by atoms with E-state index in [9.17, 15) is 25.0 Å². The molecule has 3 heterocycles. The van der Waals surface area contributed by atoms with E-state index in [1.54, 1.807) is 24.0 Å². The molecule has 0 bridgehead atoms. The van der Waals surface area contributed by atoms with Crippen molar-refractivity contribution in [1.82, 2.24) is 4.90 Å². The molecule has 2 amide bonds. The van der Waals surface area contributed by atoms with Gasteiger partial charge in [0, 0.05) is 33.6 Å². The molecule has 0 atom stereocenters. The van der Waals surface area contributed by atoms with Gasteiger partial charge in [-0.2, -0.15) is 5.26 Å². The Morgan fingerprint density at radius 1 is 1.35 bits per heavy atom.